The maximum absolute atomic E-state index is 12.7. The molecule has 0 aliphatic carbocycles. The summed E-state index contributed by atoms with van der Waals surface area (Å²) in [5.74, 6) is 0.369. The fraction of sp³-hybridized carbons (Fsp3) is 0.263. The Bertz CT molecular complexity index is 1100. The van der Waals surface area contributed by atoms with Crippen LogP contribution >= 0.6 is 22.9 Å². The molecule has 0 unspecified atom stereocenters. The van der Waals surface area contributed by atoms with Crippen molar-refractivity contribution in [2.24, 2.45) is 0 Å². The van der Waals surface area contributed by atoms with Crippen molar-refractivity contribution in [1.82, 2.24) is 14.2 Å². The highest BCUT2D eigenvalue weighted by molar-refractivity contribution is 7.91. The van der Waals surface area contributed by atoms with E-state index in [2.05, 4.69) is 4.98 Å². The molecular formula is C19H18ClN3O4S2. The highest BCUT2D eigenvalue weighted by Crippen LogP contribution is 2.28. The fourth-order valence-corrected chi connectivity index (χ4v) is 6.17. The lowest BCUT2D eigenvalue weighted by Gasteiger charge is -2.33. The molecule has 0 spiro atoms. The minimum atomic E-state index is -3.57. The van der Waals surface area contributed by atoms with E-state index in [4.69, 9.17) is 16.0 Å². The van der Waals surface area contributed by atoms with Gasteiger partial charge in [0.05, 0.1) is 16.5 Å². The van der Waals surface area contributed by atoms with Gasteiger partial charge in [0.15, 0.2) is 0 Å². The molecule has 10 heteroatoms. The van der Waals surface area contributed by atoms with E-state index in [1.165, 1.54) is 16.6 Å². The molecule has 1 aromatic carbocycles. The third-order valence-electron chi connectivity index (χ3n) is 4.64. The molecule has 1 saturated heterocycles. The number of hydrogen-bond donors (Lipinski definition) is 0. The molecule has 0 bridgehead atoms. The van der Waals surface area contributed by atoms with Crippen LogP contribution in [0, 0.1) is 0 Å². The van der Waals surface area contributed by atoms with Crippen molar-refractivity contribution in [3.63, 3.8) is 0 Å². The largest absolute Gasteiger partial charge is 0.444 e. The number of oxazole rings is 1. The first-order chi connectivity index (χ1) is 13.9. The molecule has 1 fully saturated rings. The molecule has 0 N–H and O–H groups in total. The fourth-order valence-electron chi connectivity index (χ4n) is 3.11. The maximum Gasteiger partial charge on any atom is 0.252 e. The van der Waals surface area contributed by atoms with E-state index in [0.29, 0.717) is 29.0 Å². The van der Waals surface area contributed by atoms with Gasteiger partial charge in [0, 0.05) is 31.7 Å². The smallest absolute Gasteiger partial charge is 0.252 e. The second-order valence-corrected chi connectivity index (χ2v) is 10.4. The quantitative estimate of drug-likeness (QED) is 0.595. The maximum atomic E-state index is 12.7. The summed E-state index contributed by atoms with van der Waals surface area (Å²) in [5, 5.41) is 0. The number of piperazine rings is 1. The number of hydrogen-bond acceptors (Lipinski definition) is 6. The summed E-state index contributed by atoms with van der Waals surface area (Å²) in [4.78, 5) is 18.6. The second-order valence-electron chi connectivity index (χ2n) is 6.53. The molecule has 2 aromatic heterocycles. The first kappa shape index (κ1) is 20.1. The van der Waals surface area contributed by atoms with Gasteiger partial charge >= 0.3 is 0 Å². The van der Waals surface area contributed by atoms with Gasteiger partial charge in [0.2, 0.25) is 11.8 Å². The van der Waals surface area contributed by atoms with E-state index in [9.17, 15) is 13.2 Å². The lowest BCUT2D eigenvalue weighted by Crippen LogP contribution is -2.50. The van der Waals surface area contributed by atoms with Crippen molar-refractivity contribution in [2.75, 3.05) is 26.2 Å². The molecule has 0 radical (unpaired) electrons. The average Bonchev–Trinajstić information content (AvgIpc) is 3.38. The minimum Gasteiger partial charge on any atom is -0.444 e. The van der Waals surface area contributed by atoms with Gasteiger partial charge in [0.1, 0.15) is 10.5 Å². The number of sulfonamides is 1. The molecule has 152 valence electrons. The number of carbonyl (C=O) groups excluding carboxylic acids is 1. The van der Waals surface area contributed by atoms with Crippen LogP contribution in [0.15, 0.2) is 57.4 Å². The van der Waals surface area contributed by atoms with Crippen molar-refractivity contribution in [3.8, 4) is 11.5 Å². The zero-order chi connectivity index (χ0) is 20.4. The van der Waals surface area contributed by atoms with E-state index in [0.717, 1.165) is 16.9 Å². The van der Waals surface area contributed by atoms with E-state index in [1.807, 2.05) is 30.3 Å². The Kier molecular flexibility index (Phi) is 5.73. The predicted octanol–water partition coefficient (Wildman–Crippen LogP) is 3.13. The van der Waals surface area contributed by atoms with E-state index >= 15 is 0 Å². The van der Waals surface area contributed by atoms with Crippen molar-refractivity contribution >= 4 is 38.9 Å². The van der Waals surface area contributed by atoms with Gasteiger partial charge in [-0.1, -0.05) is 29.8 Å². The Balaban J connectivity index is 1.35. The summed E-state index contributed by atoms with van der Waals surface area (Å²) in [6, 6.07) is 12.5. The van der Waals surface area contributed by atoms with E-state index in [-0.39, 0.29) is 29.6 Å². The second kappa shape index (κ2) is 8.27. The van der Waals surface area contributed by atoms with Gasteiger partial charge in [-0.25, -0.2) is 13.4 Å². The SMILES string of the molecule is O=C(Cc1coc(-c2ccccc2)n1)N1CCN(S(=O)(=O)c2ccc(Cl)s2)CC1. The van der Waals surface area contributed by atoms with Crippen molar-refractivity contribution < 1.29 is 17.6 Å². The zero-order valence-electron chi connectivity index (χ0n) is 15.3. The van der Waals surface area contributed by atoms with Crippen LogP contribution in [0.5, 0.6) is 0 Å². The molecular weight excluding hydrogens is 434 g/mol. The van der Waals surface area contributed by atoms with Crippen LogP contribution in [0.1, 0.15) is 5.69 Å². The van der Waals surface area contributed by atoms with Crippen LogP contribution in [-0.2, 0) is 21.2 Å². The molecule has 1 aliphatic heterocycles. The number of rotatable bonds is 5. The molecule has 1 aliphatic rings. The normalized spacial score (nSPS) is 15.6. The van der Waals surface area contributed by atoms with Crippen molar-refractivity contribution in [1.29, 1.82) is 0 Å². The number of carbonyl (C=O) groups is 1. The van der Waals surface area contributed by atoms with Crippen LogP contribution < -0.4 is 0 Å². The van der Waals surface area contributed by atoms with Crippen LogP contribution in [0.4, 0.5) is 0 Å². The predicted molar refractivity (Wildman–Crippen MR) is 110 cm³/mol. The van der Waals surface area contributed by atoms with Crippen LogP contribution in [0.2, 0.25) is 4.34 Å². The summed E-state index contributed by atoms with van der Waals surface area (Å²) >= 11 is 6.89. The number of thiophene rings is 1. The molecule has 1 amide bonds. The Morgan fingerprint density at radius 1 is 1.10 bits per heavy atom. The van der Waals surface area contributed by atoms with Crippen LogP contribution in [0.3, 0.4) is 0 Å². The first-order valence-electron chi connectivity index (χ1n) is 8.96. The van der Waals surface area contributed by atoms with Crippen molar-refractivity contribution in [3.05, 3.63) is 58.8 Å². The summed E-state index contributed by atoms with van der Waals surface area (Å²) in [5.41, 5.74) is 1.40. The zero-order valence-corrected chi connectivity index (χ0v) is 17.7. The monoisotopic (exact) mass is 451 g/mol. The van der Waals surface area contributed by atoms with E-state index in [1.54, 1.807) is 11.0 Å². The number of benzene rings is 1. The number of aromatic nitrogens is 1. The minimum absolute atomic E-state index is 0.103. The average molecular weight is 452 g/mol. The van der Waals surface area contributed by atoms with E-state index < -0.39 is 10.0 Å². The van der Waals surface area contributed by atoms with Crippen LogP contribution in [-0.4, -0.2) is 54.7 Å². The number of halogens is 1. The lowest BCUT2D eigenvalue weighted by atomic mass is 10.2. The molecule has 29 heavy (non-hydrogen) atoms. The number of amides is 1. The number of nitrogens with zero attached hydrogens (tertiary/aromatic N) is 3. The molecule has 3 aromatic rings. The summed E-state index contributed by atoms with van der Waals surface area (Å²) < 4.78 is 32.8. The van der Waals surface area contributed by atoms with Crippen molar-refractivity contribution in [2.45, 2.75) is 10.6 Å². The third-order valence-corrected chi connectivity index (χ3v) is 8.24. The molecule has 7 nitrogen and oxygen atoms in total. The molecule has 4 rings (SSSR count). The molecule has 0 atom stereocenters. The Labute approximate surface area is 177 Å². The highest BCUT2D eigenvalue weighted by Gasteiger charge is 2.31. The van der Waals surface area contributed by atoms with Gasteiger partial charge in [0.25, 0.3) is 10.0 Å². The van der Waals surface area contributed by atoms with Gasteiger partial charge in [-0.05, 0) is 24.3 Å². The molecule has 3 heterocycles. The first-order valence-corrected chi connectivity index (χ1v) is 11.6. The van der Waals surface area contributed by atoms with Gasteiger partial charge in [-0.2, -0.15) is 4.31 Å². The Morgan fingerprint density at radius 3 is 2.48 bits per heavy atom. The third kappa shape index (κ3) is 4.37. The Hall–Kier alpha value is -2.20. The van der Waals surface area contributed by atoms with Gasteiger partial charge < -0.3 is 9.32 Å². The molecule has 0 saturated carbocycles. The standard InChI is InChI=1S/C19H18ClN3O4S2/c20-16-6-7-18(28-16)29(25,26)23-10-8-22(9-11-23)17(24)12-15-13-27-19(21-15)14-4-2-1-3-5-14/h1-7,13H,8-12H2. The lowest BCUT2D eigenvalue weighted by molar-refractivity contribution is -0.131. The van der Waals surface area contributed by atoms with Crippen LogP contribution in [0.25, 0.3) is 11.5 Å². The summed E-state index contributed by atoms with van der Waals surface area (Å²) in [7, 11) is -3.57. The summed E-state index contributed by atoms with van der Waals surface area (Å²) in [6.07, 6.45) is 1.60. The summed E-state index contributed by atoms with van der Waals surface area (Å²) in [6.45, 7) is 1.16. The Morgan fingerprint density at radius 2 is 1.83 bits per heavy atom. The van der Waals surface area contributed by atoms with Gasteiger partial charge in [-0.3, -0.25) is 4.79 Å². The van der Waals surface area contributed by atoms with Gasteiger partial charge in [-0.15, -0.1) is 11.3 Å². The highest BCUT2D eigenvalue weighted by atomic mass is 35.5. The topological polar surface area (TPSA) is 83.7 Å².